The van der Waals surface area contributed by atoms with Crippen molar-refractivity contribution in [1.29, 1.82) is 5.26 Å². The first kappa shape index (κ1) is 32.0. The van der Waals surface area contributed by atoms with Gasteiger partial charge in [-0.25, -0.2) is 0 Å². The van der Waals surface area contributed by atoms with Crippen molar-refractivity contribution in [3.8, 4) is 34.8 Å². The lowest BCUT2D eigenvalue weighted by Gasteiger charge is -2.60. The van der Waals surface area contributed by atoms with Crippen LogP contribution in [0, 0.1) is 25.2 Å². The summed E-state index contributed by atoms with van der Waals surface area (Å²) in [6.45, 7) is 7.52. The van der Waals surface area contributed by atoms with Crippen molar-refractivity contribution >= 4 is 11.9 Å². The van der Waals surface area contributed by atoms with Gasteiger partial charge in [-0.05, 0) is 51.3 Å². The molecule has 0 radical (unpaired) electrons. The molecular formula is C35H44N4O7. The number of phenols is 1. The van der Waals surface area contributed by atoms with Gasteiger partial charge in [-0.15, -0.1) is 0 Å². The third kappa shape index (κ3) is 5.12. The molecule has 6 rings (SSSR count). The zero-order chi connectivity index (χ0) is 32.9. The summed E-state index contributed by atoms with van der Waals surface area (Å²) in [5, 5.41) is 25.7. The molecule has 0 saturated carbocycles. The number of unbranched alkanes of at least 4 members (excludes halogenated alkanes) is 3. The zero-order valence-electron chi connectivity index (χ0n) is 27.6. The molecular weight excluding hydrogens is 588 g/mol. The second-order valence-electron chi connectivity index (χ2n) is 13.0. The summed E-state index contributed by atoms with van der Waals surface area (Å²) < 4.78 is 23.5. The van der Waals surface area contributed by atoms with Crippen LogP contribution in [0.25, 0.3) is 0 Å². The van der Waals surface area contributed by atoms with Crippen molar-refractivity contribution in [2.24, 2.45) is 0 Å². The summed E-state index contributed by atoms with van der Waals surface area (Å²) in [6.07, 6.45) is 5.36. The van der Waals surface area contributed by atoms with E-state index in [1.165, 1.54) is 6.92 Å². The Labute approximate surface area is 270 Å². The van der Waals surface area contributed by atoms with Crippen LogP contribution in [-0.4, -0.2) is 72.4 Å². The Hall–Kier alpha value is -4.01. The molecule has 246 valence electrons. The van der Waals surface area contributed by atoms with E-state index >= 15 is 0 Å². The number of amides is 1. The summed E-state index contributed by atoms with van der Waals surface area (Å²) in [7, 11) is 3.56. The first-order valence-corrected chi connectivity index (χ1v) is 16.3. The number of nitrogens with zero attached hydrogens (tertiary/aromatic N) is 3. The van der Waals surface area contributed by atoms with Crippen LogP contribution in [0.4, 0.5) is 0 Å². The normalized spacial score (nSPS) is 24.3. The molecule has 1 saturated heterocycles. The number of aromatic hydroxyl groups is 1. The Morgan fingerprint density at radius 1 is 1.11 bits per heavy atom. The number of phenolic OH excluding ortho intramolecular Hbond substituents is 1. The zero-order valence-corrected chi connectivity index (χ0v) is 27.6. The van der Waals surface area contributed by atoms with E-state index in [1.54, 1.807) is 7.11 Å². The highest BCUT2D eigenvalue weighted by Gasteiger charge is 2.56. The summed E-state index contributed by atoms with van der Waals surface area (Å²) in [5.41, 5.74) is 4.83. The predicted molar refractivity (Wildman–Crippen MR) is 169 cm³/mol. The van der Waals surface area contributed by atoms with Gasteiger partial charge in [0.05, 0.1) is 25.3 Å². The van der Waals surface area contributed by atoms with Gasteiger partial charge in [0.1, 0.15) is 11.8 Å². The number of carbonyl (C=O) groups excluding carboxylic acids is 2. The molecule has 11 nitrogen and oxygen atoms in total. The number of esters is 1. The number of likely N-dealkylation sites (N-methyl/N-ethyl adjacent to an activating group) is 1. The maximum absolute atomic E-state index is 13.2. The molecule has 2 N–H and O–H groups in total. The molecule has 0 spiro atoms. The molecule has 2 aromatic carbocycles. The maximum atomic E-state index is 13.2. The molecule has 1 amide bonds. The second kappa shape index (κ2) is 12.6. The fourth-order valence-electron chi connectivity index (χ4n) is 8.32. The quantitative estimate of drug-likeness (QED) is 0.231. The minimum atomic E-state index is -0.542. The third-order valence-corrected chi connectivity index (χ3v) is 10.3. The topological polar surface area (TPSA) is 134 Å². The van der Waals surface area contributed by atoms with Crippen LogP contribution in [0.1, 0.15) is 91.4 Å². The number of hydrogen-bond donors (Lipinski definition) is 2. The molecule has 5 atom stereocenters. The van der Waals surface area contributed by atoms with Crippen LogP contribution in [0.3, 0.4) is 0 Å². The number of piperazine rings is 1. The summed E-state index contributed by atoms with van der Waals surface area (Å²) in [5.74, 6) is 1.52. The lowest BCUT2D eigenvalue weighted by atomic mass is 9.71. The van der Waals surface area contributed by atoms with Gasteiger partial charge in [0.15, 0.2) is 23.0 Å². The molecule has 2 bridgehead atoms. The van der Waals surface area contributed by atoms with Gasteiger partial charge >= 0.3 is 5.97 Å². The van der Waals surface area contributed by atoms with E-state index in [0.717, 1.165) is 53.5 Å². The molecule has 1 fully saturated rings. The number of nitriles is 1. The lowest BCUT2D eigenvalue weighted by molar-refractivity contribution is -0.132. The molecule has 46 heavy (non-hydrogen) atoms. The average molecular weight is 633 g/mol. The van der Waals surface area contributed by atoms with E-state index in [0.29, 0.717) is 47.8 Å². The van der Waals surface area contributed by atoms with E-state index in [-0.39, 0.29) is 43.1 Å². The number of ether oxygens (including phenoxy) is 4. The van der Waals surface area contributed by atoms with E-state index in [4.69, 9.17) is 18.9 Å². The number of aryl methyl sites for hydroxylation is 1. The lowest BCUT2D eigenvalue weighted by Crippen LogP contribution is -2.68. The highest BCUT2D eigenvalue weighted by atomic mass is 16.7. The molecule has 4 unspecified atom stereocenters. The minimum Gasteiger partial charge on any atom is -0.504 e. The SMILES string of the molecule is CCCCCCC(=O)NC[C@H]1c2c(c(OC(C)=O)c(C)c3c2OCO3)CC2C3c4c(cc(C)c(OC)c4O)CC(C(C#N)N21)N3C. The van der Waals surface area contributed by atoms with Crippen LogP contribution < -0.4 is 24.3 Å². The standard InChI is InChI=1S/C35H44N4O7/c1-7-8-9-10-11-27(41)37-16-26-29-22(33(46-20(4)40)19(3)34-35(29)45-17-44-34)14-24-30-28-21(12-18(2)32(43-6)31(28)42)13-23(38(30)5)25(15-36)39(24)26/h12,23-26,30,42H,7-11,13-14,16-17H2,1-6H3,(H,37,41)/t23?,24?,25?,26-,30?/m0/s1. The number of methoxy groups -OCH3 is 1. The van der Waals surface area contributed by atoms with Crippen LogP contribution in [-0.2, 0) is 22.4 Å². The number of rotatable bonds is 9. The summed E-state index contributed by atoms with van der Waals surface area (Å²) >= 11 is 0. The number of fused-ring (bicyclic) bond motifs is 9. The van der Waals surface area contributed by atoms with E-state index in [9.17, 15) is 20.0 Å². The fourth-order valence-corrected chi connectivity index (χ4v) is 8.32. The highest BCUT2D eigenvalue weighted by Crippen LogP contribution is 2.58. The Morgan fingerprint density at radius 3 is 2.57 bits per heavy atom. The maximum Gasteiger partial charge on any atom is 0.308 e. The van der Waals surface area contributed by atoms with Crippen LogP contribution in [0.5, 0.6) is 28.7 Å². The van der Waals surface area contributed by atoms with Crippen LogP contribution >= 0.6 is 0 Å². The molecule has 4 aliphatic heterocycles. The molecule has 4 heterocycles. The monoisotopic (exact) mass is 632 g/mol. The summed E-state index contributed by atoms with van der Waals surface area (Å²) in [4.78, 5) is 30.0. The van der Waals surface area contributed by atoms with E-state index in [2.05, 4.69) is 34.2 Å². The number of hydrogen-bond acceptors (Lipinski definition) is 10. The predicted octanol–water partition coefficient (Wildman–Crippen LogP) is 4.53. The van der Waals surface area contributed by atoms with E-state index < -0.39 is 18.1 Å². The van der Waals surface area contributed by atoms with E-state index in [1.807, 2.05) is 20.9 Å². The average Bonchev–Trinajstić information content (AvgIpc) is 3.51. The van der Waals surface area contributed by atoms with Gasteiger partial charge in [-0.2, -0.15) is 5.26 Å². The van der Waals surface area contributed by atoms with Gasteiger partial charge in [-0.1, -0.05) is 32.3 Å². The highest BCUT2D eigenvalue weighted by molar-refractivity contribution is 5.76. The van der Waals surface area contributed by atoms with Gasteiger partial charge in [-0.3, -0.25) is 19.4 Å². The minimum absolute atomic E-state index is 0.0160. The van der Waals surface area contributed by atoms with Gasteiger partial charge in [0, 0.05) is 54.2 Å². The molecule has 2 aromatic rings. The Morgan fingerprint density at radius 2 is 1.87 bits per heavy atom. The first-order valence-electron chi connectivity index (χ1n) is 16.3. The summed E-state index contributed by atoms with van der Waals surface area (Å²) in [6, 6.07) is 2.84. The Balaban J connectivity index is 1.52. The van der Waals surface area contributed by atoms with Gasteiger partial charge in [0.25, 0.3) is 0 Å². The fraction of sp³-hybridized carbons (Fsp3) is 0.571. The Kier molecular flexibility index (Phi) is 8.79. The smallest absolute Gasteiger partial charge is 0.308 e. The van der Waals surface area contributed by atoms with Crippen molar-refractivity contribution in [3.63, 3.8) is 0 Å². The van der Waals surface area contributed by atoms with Gasteiger partial charge in [0.2, 0.25) is 12.7 Å². The van der Waals surface area contributed by atoms with Gasteiger partial charge < -0.3 is 29.4 Å². The number of nitrogens with one attached hydrogen (secondary N) is 1. The van der Waals surface area contributed by atoms with Crippen molar-refractivity contribution in [2.75, 3.05) is 27.5 Å². The van der Waals surface area contributed by atoms with Crippen LogP contribution in [0.2, 0.25) is 0 Å². The number of benzene rings is 2. The van der Waals surface area contributed by atoms with Crippen molar-refractivity contribution in [2.45, 2.75) is 103 Å². The molecule has 0 aliphatic carbocycles. The van der Waals surface area contributed by atoms with Crippen molar-refractivity contribution in [1.82, 2.24) is 15.1 Å². The largest absolute Gasteiger partial charge is 0.504 e. The molecule has 0 aromatic heterocycles. The molecule has 11 heteroatoms. The van der Waals surface area contributed by atoms with Crippen molar-refractivity contribution in [3.05, 3.63) is 39.4 Å². The van der Waals surface area contributed by atoms with Crippen molar-refractivity contribution < 1.29 is 33.6 Å². The third-order valence-electron chi connectivity index (χ3n) is 10.3. The second-order valence-corrected chi connectivity index (χ2v) is 13.0. The first-order chi connectivity index (χ1) is 22.1. The number of carbonyl (C=O) groups is 2. The molecule has 4 aliphatic rings. The Bertz CT molecular complexity index is 1600. The van der Waals surface area contributed by atoms with Crippen LogP contribution in [0.15, 0.2) is 6.07 Å².